The zero-order valence-corrected chi connectivity index (χ0v) is 22.5. The first-order valence-corrected chi connectivity index (χ1v) is 13.7. The molecule has 0 radical (unpaired) electrons. The molecule has 0 bridgehead atoms. The van der Waals surface area contributed by atoms with E-state index >= 15 is 0 Å². The van der Waals surface area contributed by atoms with Gasteiger partial charge in [-0.2, -0.15) is 4.73 Å². The van der Waals surface area contributed by atoms with Crippen LogP contribution in [0.1, 0.15) is 77.8 Å². The van der Waals surface area contributed by atoms with Gasteiger partial charge in [0.15, 0.2) is 6.20 Å². The molecule has 0 spiro atoms. The maximum absolute atomic E-state index is 14.1. The molecule has 1 fully saturated rings. The van der Waals surface area contributed by atoms with Gasteiger partial charge in [-0.15, -0.1) is 0 Å². The molecule has 6 atom stereocenters. The van der Waals surface area contributed by atoms with Crippen LogP contribution in [-0.2, 0) is 0 Å². The van der Waals surface area contributed by atoms with Gasteiger partial charge in [-0.25, -0.2) is 0 Å². The minimum atomic E-state index is -1.17. The second-order valence-electron chi connectivity index (χ2n) is 10.1. The Labute approximate surface area is 232 Å². The van der Waals surface area contributed by atoms with Crippen LogP contribution in [0.3, 0.4) is 0 Å². The van der Waals surface area contributed by atoms with Crippen molar-refractivity contribution in [3.05, 3.63) is 104 Å². The second-order valence-corrected chi connectivity index (χ2v) is 11.0. The lowest BCUT2D eigenvalue weighted by Crippen LogP contribution is -2.56. The molecule has 0 saturated heterocycles. The number of benzene rings is 2. The third-order valence-corrected chi connectivity index (χ3v) is 8.38. The normalized spacial score (nSPS) is 25.1. The first kappa shape index (κ1) is 26.9. The zero-order valence-electron chi connectivity index (χ0n) is 21.0. The fourth-order valence-electron chi connectivity index (χ4n) is 6.01. The number of pyridine rings is 1. The first-order valence-electron chi connectivity index (χ1n) is 12.9. The summed E-state index contributed by atoms with van der Waals surface area (Å²) in [7, 11) is 0. The monoisotopic (exact) mass is 555 g/mol. The largest absolute Gasteiger partial charge is 0.618 e. The Kier molecular flexibility index (Phi) is 7.93. The third-order valence-electron chi connectivity index (χ3n) is 7.82. The molecule has 2 unspecified atom stereocenters. The number of aliphatic hydroxyl groups excluding tert-OH is 2. The number of hydrogen-bond acceptors (Lipinski definition) is 5. The van der Waals surface area contributed by atoms with Crippen molar-refractivity contribution in [2.24, 2.45) is 0 Å². The van der Waals surface area contributed by atoms with E-state index in [1.807, 2.05) is 12.1 Å². The summed E-state index contributed by atoms with van der Waals surface area (Å²) in [6.07, 6.45) is 2.56. The van der Waals surface area contributed by atoms with E-state index in [0.717, 1.165) is 17.6 Å². The lowest BCUT2D eigenvalue weighted by Gasteiger charge is -2.50. The molecule has 2 aromatic carbocycles. The Morgan fingerprint density at radius 1 is 1.05 bits per heavy atom. The van der Waals surface area contributed by atoms with Gasteiger partial charge in [0.2, 0.25) is 5.69 Å². The van der Waals surface area contributed by atoms with E-state index < -0.39 is 36.4 Å². The number of halogens is 2. The highest BCUT2D eigenvalue weighted by Crippen LogP contribution is 2.48. The molecule has 1 amide bonds. The van der Waals surface area contributed by atoms with Gasteiger partial charge in [0, 0.05) is 33.7 Å². The summed E-state index contributed by atoms with van der Waals surface area (Å²) in [6.45, 7) is 1.81. The number of nitrogens with zero attached hydrogens (tertiary/aromatic N) is 2. The summed E-state index contributed by atoms with van der Waals surface area (Å²) in [5, 5.41) is 39.3. The SMILES string of the molecule is CC(NC(O)[C@@H]1c2ccccc2C(=O)N([C@H]2CCCC[C@@H]2O)[C@H]1c1ccc(Cl)cc1Cl)c1cccc[n+]1[O-]. The fourth-order valence-corrected chi connectivity index (χ4v) is 6.53. The summed E-state index contributed by atoms with van der Waals surface area (Å²) in [5.41, 5.74) is 2.23. The minimum absolute atomic E-state index is 0.209. The summed E-state index contributed by atoms with van der Waals surface area (Å²) in [4.78, 5) is 15.8. The van der Waals surface area contributed by atoms with Crippen molar-refractivity contribution in [3.8, 4) is 0 Å². The maximum atomic E-state index is 14.1. The highest BCUT2D eigenvalue weighted by molar-refractivity contribution is 6.35. The third kappa shape index (κ3) is 5.01. The van der Waals surface area contributed by atoms with E-state index in [-0.39, 0.29) is 5.91 Å². The number of amides is 1. The Morgan fingerprint density at radius 3 is 2.53 bits per heavy atom. The number of carbonyl (C=O) groups is 1. The molecule has 2 heterocycles. The van der Waals surface area contributed by atoms with Crippen LogP contribution in [-0.4, -0.2) is 39.4 Å². The lowest BCUT2D eigenvalue weighted by atomic mass is 9.76. The van der Waals surface area contributed by atoms with Crippen LogP contribution in [0, 0.1) is 5.21 Å². The van der Waals surface area contributed by atoms with Crippen LogP contribution >= 0.6 is 23.2 Å². The van der Waals surface area contributed by atoms with E-state index in [9.17, 15) is 20.2 Å². The van der Waals surface area contributed by atoms with Crippen LogP contribution in [0.4, 0.5) is 0 Å². The van der Waals surface area contributed by atoms with Gasteiger partial charge in [0.25, 0.3) is 5.91 Å². The maximum Gasteiger partial charge on any atom is 0.255 e. The highest BCUT2D eigenvalue weighted by Gasteiger charge is 2.48. The molecule has 7 nitrogen and oxygen atoms in total. The van der Waals surface area contributed by atoms with Gasteiger partial charge in [0.05, 0.1) is 24.2 Å². The molecule has 200 valence electrons. The van der Waals surface area contributed by atoms with Gasteiger partial charge in [-0.05, 0) is 55.2 Å². The van der Waals surface area contributed by atoms with Crippen molar-refractivity contribution in [3.63, 3.8) is 0 Å². The molecule has 2 aliphatic rings. The van der Waals surface area contributed by atoms with Crippen molar-refractivity contribution in [1.29, 1.82) is 0 Å². The average Bonchev–Trinajstić information content (AvgIpc) is 2.89. The quantitative estimate of drug-likeness (QED) is 0.228. The summed E-state index contributed by atoms with van der Waals surface area (Å²) >= 11 is 13.0. The molecule has 1 aromatic heterocycles. The van der Waals surface area contributed by atoms with Crippen molar-refractivity contribution >= 4 is 29.1 Å². The smallest absolute Gasteiger partial charge is 0.255 e. The summed E-state index contributed by atoms with van der Waals surface area (Å²) < 4.78 is 0.765. The fraction of sp³-hybridized carbons (Fsp3) is 0.379. The van der Waals surface area contributed by atoms with Crippen molar-refractivity contribution in [2.75, 3.05) is 0 Å². The summed E-state index contributed by atoms with van der Waals surface area (Å²) in [6, 6.07) is 15.9. The number of hydrogen-bond donors (Lipinski definition) is 3. The van der Waals surface area contributed by atoms with Gasteiger partial charge in [-0.3, -0.25) is 10.1 Å². The molecular formula is C29H31Cl2N3O4. The number of aliphatic hydroxyl groups is 2. The Balaban J connectivity index is 1.64. The van der Waals surface area contributed by atoms with Gasteiger partial charge >= 0.3 is 0 Å². The molecule has 1 saturated carbocycles. The Hall–Kier alpha value is -2.68. The number of fused-ring (bicyclic) bond motifs is 1. The van der Waals surface area contributed by atoms with Crippen LogP contribution < -0.4 is 10.0 Å². The van der Waals surface area contributed by atoms with Gasteiger partial charge in [-0.1, -0.05) is 60.3 Å². The van der Waals surface area contributed by atoms with Crippen molar-refractivity contribution < 1.29 is 19.7 Å². The van der Waals surface area contributed by atoms with Gasteiger partial charge in [0.1, 0.15) is 6.23 Å². The topological polar surface area (TPSA) is 99.7 Å². The van der Waals surface area contributed by atoms with E-state index in [0.29, 0.717) is 45.3 Å². The van der Waals surface area contributed by atoms with E-state index in [4.69, 9.17) is 23.2 Å². The predicted octanol–water partition coefficient (Wildman–Crippen LogP) is 4.88. The standard InChI is InChI=1S/C29H31Cl2N3O4/c1-17(23-10-6-7-15-33(23)38)32-28(36)26-19-8-2-3-9-20(19)29(37)34(24-11-4-5-12-25(24)35)27(26)21-14-13-18(30)16-22(21)31/h2-3,6-10,13-17,24-28,32,35-36H,4-5,11-12H2,1H3/t17?,24-,25-,26+,27-,28?/m0/s1. The molecule has 3 N–H and O–H groups in total. The molecule has 9 heteroatoms. The van der Waals surface area contributed by atoms with E-state index in [1.165, 1.54) is 6.20 Å². The molecule has 1 aliphatic heterocycles. The number of rotatable bonds is 6. The Morgan fingerprint density at radius 2 is 1.79 bits per heavy atom. The molecule has 5 rings (SSSR count). The van der Waals surface area contributed by atoms with Crippen molar-refractivity contribution in [2.45, 2.75) is 69.0 Å². The second kappa shape index (κ2) is 11.2. The first-order chi connectivity index (χ1) is 18.3. The zero-order chi connectivity index (χ0) is 27.0. The number of nitrogens with one attached hydrogen (secondary N) is 1. The predicted molar refractivity (Wildman–Crippen MR) is 146 cm³/mol. The molecule has 38 heavy (non-hydrogen) atoms. The molecule has 3 aromatic rings. The number of aromatic nitrogens is 1. The number of carbonyl (C=O) groups excluding carboxylic acids is 1. The van der Waals surface area contributed by atoms with Crippen LogP contribution in [0.25, 0.3) is 0 Å². The van der Waals surface area contributed by atoms with Crippen LogP contribution in [0.5, 0.6) is 0 Å². The van der Waals surface area contributed by atoms with Crippen molar-refractivity contribution in [1.82, 2.24) is 10.2 Å². The van der Waals surface area contributed by atoms with E-state index in [2.05, 4.69) is 5.32 Å². The van der Waals surface area contributed by atoms with Crippen LogP contribution in [0.15, 0.2) is 66.9 Å². The highest BCUT2D eigenvalue weighted by atomic mass is 35.5. The summed E-state index contributed by atoms with van der Waals surface area (Å²) in [5.74, 6) is -0.859. The minimum Gasteiger partial charge on any atom is -0.618 e. The van der Waals surface area contributed by atoms with Crippen LogP contribution in [0.2, 0.25) is 10.0 Å². The van der Waals surface area contributed by atoms with Gasteiger partial charge < -0.3 is 20.3 Å². The molecular weight excluding hydrogens is 525 g/mol. The van der Waals surface area contributed by atoms with E-state index in [1.54, 1.807) is 60.4 Å². The molecule has 1 aliphatic carbocycles. The Bertz CT molecular complexity index is 1320. The lowest BCUT2D eigenvalue weighted by molar-refractivity contribution is -0.616. The average molecular weight is 556 g/mol.